The molecule has 2 N–H and O–H groups in total. The number of aliphatic hydroxyl groups excluding tert-OH is 1. The lowest BCUT2D eigenvalue weighted by atomic mass is 9.79. The van der Waals surface area contributed by atoms with Crippen molar-refractivity contribution in [1.82, 2.24) is 15.2 Å². The highest BCUT2D eigenvalue weighted by molar-refractivity contribution is 5.61. The second-order valence-corrected chi connectivity index (χ2v) is 9.18. The van der Waals surface area contributed by atoms with E-state index in [9.17, 15) is 18.3 Å². The van der Waals surface area contributed by atoms with Gasteiger partial charge in [-0.2, -0.15) is 18.3 Å². The van der Waals surface area contributed by atoms with E-state index in [1.165, 1.54) is 12.1 Å². The van der Waals surface area contributed by atoms with Crippen LogP contribution in [0, 0.1) is 0 Å². The van der Waals surface area contributed by atoms with E-state index in [-0.39, 0.29) is 11.3 Å². The van der Waals surface area contributed by atoms with Gasteiger partial charge < -0.3 is 5.11 Å². The summed E-state index contributed by atoms with van der Waals surface area (Å²) in [6, 6.07) is 5.24. The van der Waals surface area contributed by atoms with E-state index in [2.05, 4.69) is 26.2 Å². The Bertz CT molecular complexity index is 909. The largest absolute Gasteiger partial charge is 0.416 e. The van der Waals surface area contributed by atoms with Gasteiger partial charge >= 0.3 is 6.18 Å². The summed E-state index contributed by atoms with van der Waals surface area (Å²) in [4.78, 5) is 0. The molecule has 2 unspecified atom stereocenters. The van der Waals surface area contributed by atoms with Gasteiger partial charge in [0.2, 0.25) is 0 Å². The molecule has 2 atom stereocenters. The average molecular weight is 394 g/mol. The standard InChI is InChI=1S/C20H25F3N4O/c1-18(2,3)16-15-13(11-6-8-12(9-7-11)20(21,22)23)10-14(28)26-17(15)27(24-16)19(4,5)25-26/h6-9,13-14,25,28H,10H2,1-5H3. The number of hydrogen-bond donors (Lipinski definition) is 2. The van der Waals surface area contributed by atoms with Crippen LogP contribution in [-0.4, -0.2) is 21.1 Å². The van der Waals surface area contributed by atoms with Gasteiger partial charge in [-0.3, -0.25) is 5.01 Å². The van der Waals surface area contributed by atoms with Gasteiger partial charge in [-0.25, -0.2) is 10.1 Å². The van der Waals surface area contributed by atoms with Crippen LogP contribution in [0.3, 0.4) is 0 Å². The summed E-state index contributed by atoms with van der Waals surface area (Å²) in [5.74, 6) is 0.556. The fourth-order valence-corrected chi connectivity index (χ4v) is 4.17. The van der Waals surface area contributed by atoms with Crippen LogP contribution in [0.2, 0.25) is 0 Å². The fraction of sp³-hybridized carbons (Fsp3) is 0.550. The first-order valence-electron chi connectivity index (χ1n) is 9.37. The van der Waals surface area contributed by atoms with Crippen molar-refractivity contribution >= 4 is 5.82 Å². The predicted octanol–water partition coefficient (Wildman–Crippen LogP) is 4.07. The van der Waals surface area contributed by atoms with Crippen molar-refractivity contribution in [3.05, 3.63) is 46.6 Å². The first-order valence-corrected chi connectivity index (χ1v) is 9.37. The number of halogens is 3. The topological polar surface area (TPSA) is 53.3 Å². The lowest BCUT2D eigenvalue weighted by Crippen LogP contribution is -2.51. The Morgan fingerprint density at radius 1 is 1.14 bits per heavy atom. The van der Waals surface area contributed by atoms with Crippen molar-refractivity contribution in [2.24, 2.45) is 0 Å². The third-order valence-electron chi connectivity index (χ3n) is 5.49. The van der Waals surface area contributed by atoms with E-state index >= 15 is 0 Å². The van der Waals surface area contributed by atoms with E-state index in [1.807, 2.05) is 18.5 Å². The molecule has 0 amide bonds. The number of hydrazine groups is 1. The minimum Gasteiger partial charge on any atom is -0.372 e. The summed E-state index contributed by atoms with van der Waals surface area (Å²) < 4.78 is 40.8. The van der Waals surface area contributed by atoms with E-state index in [0.29, 0.717) is 6.42 Å². The zero-order chi connectivity index (χ0) is 20.6. The van der Waals surface area contributed by atoms with Crippen LogP contribution in [-0.2, 0) is 17.3 Å². The molecule has 2 aromatic rings. The van der Waals surface area contributed by atoms with Crippen molar-refractivity contribution in [3.8, 4) is 0 Å². The molecule has 0 aliphatic carbocycles. The number of benzene rings is 1. The smallest absolute Gasteiger partial charge is 0.372 e. The first-order chi connectivity index (χ1) is 12.8. The maximum absolute atomic E-state index is 13.0. The molecule has 0 saturated heterocycles. The van der Waals surface area contributed by atoms with Gasteiger partial charge in [0.15, 0.2) is 0 Å². The molecule has 1 aromatic carbocycles. The summed E-state index contributed by atoms with van der Waals surface area (Å²) in [6.07, 6.45) is -4.80. The molecule has 28 heavy (non-hydrogen) atoms. The molecule has 0 radical (unpaired) electrons. The number of hydrogen-bond acceptors (Lipinski definition) is 4. The SMILES string of the molecule is CC(C)(C)c1nn2c3c1C(c1ccc(C(F)(F)F)cc1)CC(O)N3NC2(C)C. The molecule has 4 rings (SSSR count). The van der Waals surface area contributed by atoms with Crippen LogP contribution < -0.4 is 10.4 Å². The molecular formula is C20H25F3N4O. The summed E-state index contributed by atoms with van der Waals surface area (Å²) >= 11 is 0. The van der Waals surface area contributed by atoms with Crippen LogP contribution in [0.5, 0.6) is 0 Å². The second kappa shape index (κ2) is 5.73. The van der Waals surface area contributed by atoms with Gasteiger partial charge in [-0.05, 0) is 31.5 Å². The average Bonchev–Trinajstić information content (AvgIpc) is 3.09. The number of aliphatic hydroxyl groups is 1. The van der Waals surface area contributed by atoms with Crippen LogP contribution in [0.4, 0.5) is 19.0 Å². The number of nitrogens with zero attached hydrogens (tertiary/aromatic N) is 3. The molecule has 1 aromatic heterocycles. The molecule has 2 aliphatic rings. The third-order valence-corrected chi connectivity index (χ3v) is 5.49. The molecule has 152 valence electrons. The quantitative estimate of drug-likeness (QED) is 0.766. The highest BCUT2D eigenvalue weighted by atomic mass is 19.4. The van der Waals surface area contributed by atoms with Gasteiger partial charge in [-0.1, -0.05) is 32.9 Å². The van der Waals surface area contributed by atoms with Gasteiger partial charge in [0, 0.05) is 23.3 Å². The predicted molar refractivity (Wildman–Crippen MR) is 99.8 cm³/mol. The van der Waals surface area contributed by atoms with Crippen LogP contribution in [0.1, 0.15) is 69.3 Å². The highest BCUT2D eigenvalue weighted by Gasteiger charge is 2.48. The van der Waals surface area contributed by atoms with Gasteiger partial charge in [0.05, 0.1) is 11.3 Å². The van der Waals surface area contributed by atoms with Crippen molar-refractivity contribution < 1.29 is 18.3 Å². The Balaban J connectivity index is 1.89. The lowest BCUT2D eigenvalue weighted by molar-refractivity contribution is -0.137. The maximum atomic E-state index is 13.0. The highest BCUT2D eigenvalue weighted by Crippen LogP contribution is 2.49. The van der Waals surface area contributed by atoms with Crippen molar-refractivity contribution in [3.63, 3.8) is 0 Å². The summed E-state index contributed by atoms with van der Waals surface area (Å²) in [5.41, 5.74) is 4.47. The monoisotopic (exact) mass is 394 g/mol. The molecular weight excluding hydrogens is 369 g/mol. The van der Waals surface area contributed by atoms with E-state index in [4.69, 9.17) is 5.10 Å². The normalized spacial score (nSPS) is 23.8. The Morgan fingerprint density at radius 3 is 2.29 bits per heavy atom. The molecule has 0 bridgehead atoms. The summed E-state index contributed by atoms with van der Waals surface area (Å²) in [7, 11) is 0. The zero-order valence-corrected chi connectivity index (χ0v) is 16.6. The molecule has 0 spiro atoms. The van der Waals surface area contributed by atoms with Crippen molar-refractivity contribution in [2.75, 3.05) is 5.01 Å². The van der Waals surface area contributed by atoms with E-state index in [1.54, 1.807) is 5.01 Å². The molecule has 2 aliphatic heterocycles. The van der Waals surface area contributed by atoms with Crippen LogP contribution in [0.15, 0.2) is 24.3 Å². The van der Waals surface area contributed by atoms with E-state index in [0.717, 1.165) is 34.8 Å². The minimum atomic E-state index is -4.37. The summed E-state index contributed by atoms with van der Waals surface area (Å²) in [6.45, 7) is 10.2. The molecule has 0 fully saturated rings. The second-order valence-electron chi connectivity index (χ2n) is 9.18. The number of alkyl halides is 3. The maximum Gasteiger partial charge on any atom is 0.416 e. The van der Waals surface area contributed by atoms with Crippen LogP contribution >= 0.6 is 0 Å². The van der Waals surface area contributed by atoms with Gasteiger partial charge in [0.1, 0.15) is 17.7 Å². The lowest BCUT2D eigenvalue weighted by Gasteiger charge is -2.37. The van der Waals surface area contributed by atoms with Crippen LogP contribution in [0.25, 0.3) is 0 Å². The first kappa shape index (κ1) is 19.3. The number of aromatic nitrogens is 2. The fourth-order valence-electron chi connectivity index (χ4n) is 4.17. The minimum absolute atomic E-state index is 0.234. The van der Waals surface area contributed by atoms with Gasteiger partial charge in [0.25, 0.3) is 0 Å². The Morgan fingerprint density at radius 2 is 1.75 bits per heavy atom. The third kappa shape index (κ3) is 2.81. The Kier molecular flexibility index (Phi) is 3.94. The molecule has 0 saturated carbocycles. The van der Waals surface area contributed by atoms with E-state index < -0.39 is 23.6 Å². The number of anilines is 1. The Hall–Kier alpha value is -2.06. The molecule has 5 nitrogen and oxygen atoms in total. The number of rotatable bonds is 1. The van der Waals surface area contributed by atoms with Gasteiger partial charge in [-0.15, -0.1) is 0 Å². The number of nitrogens with one attached hydrogen (secondary N) is 1. The van der Waals surface area contributed by atoms with Crippen molar-refractivity contribution in [1.29, 1.82) is 0 Å². The van der Waals surface area contributed by atoms with Crippen molar-refractivity contribution in [2.45, 2.75) is 70.4 Å². The molecule has 3 heterocycles. The molecule has 8 heteroatoms. The summed E-state index contributed by atoms with van der Waals surface area (Å²) in [5, 5.41) is 17.3. The zero-order valence-electron chi connectivity index (χ0n) is 16.6. The Labute approximate surface area is 162 Å².